The fourth-order valence-electron chi connectivity index (χ4n) is 1.30. The van der Waals surface area contributed by atoms with Crippen LogP contribution in [0.15, 0.2) is 36.7 Å². The molecule has 0 aliphatic carbocycles. The monoisotopic (exact) mass is 204 g/mol. The van der Waals surface area contributed by atoms with E-state index in [1.165, 1.54) is 11.9 Å². The van der Waals surface area contributed by atoms with E-state index in [0.717, 1.165) is 11.3 Å². The van der Waals surface area contributed by atoms with Crippen LogP contribution in [0.1, 0.15) is 5.56 Å². The van der Waals surface area contributed by atoms with Gasteiger partial charge in [-0.2, -0.15) is 0 Å². The first kappa shape index (κ1) is 9.16. The van der Waals surface area contributed by atoms with E-state index in [9.17, 15) is 0 Å². The molecule has 0 aliphatic rings. The minimum atomic E-state index is 0.469. The number of rotatable bonds is 1. The average molecular weight is 205 g/mol. The lowest BCUT2D eigenvalue weighted by atomic mass is 10.1. The van der Waals surface area contributed by atoms with Crippen LogP contribution in [0.4, 0.5) is 0 Å². The third-order valence-electron chi connectivity index (χ3n) is 1.95. The quantitative estimate of drug-likeness (QED) is 0.667. The van der Waals surface area contributed by atoms with Gasteiger partial charge in [-0.15, -0.1) is 0 Å². The van der Waals surface area contributed by atoms with Crippen LogP contribution in [0, 0.1) is 6.92 Å². The van der Waals surface area contributed by atoms with Crippen molar-refractivity contribution in [1.29, 1.82) is 0 Å². The minimum absolute atomic E-state index is 0.469. The van der Waals surface area contributed by atoms with Gasteiger partial charge in [-0.1, -0.05) is 35.4 Å². The molecule has 14 heavy (non-hydrogen) atoms. The first-order valence-corrected chi connectivity index (χ1v) is 4.68. The molecule has 2 nitrogen and oxygen atoms in total. The maximum atomic E-state index is 5.78. The Morgan fingerprint density at radius 3 is 2.71 bits per heavy atom. The van der Waals surface area contributed by atoms with Gasteiger partial charge in [0.05, 0.1) is 5.69 Å². The third-order valence-corrected chi connectivity index (χ3v) is 2.15. The van der Waals surface area contributed by atoms with Crippen molar-refractivity contribution in [1.82, 2.24) is 9.97 Å². The molecule has 2 rings (SSSR count). The number of hydrogen-bond donors (Lipinski definition) is 0. The zero-order chi connectivity index (χ0) is 9.97. The largest absolute Gasteiger partial charge is 0.236 e. The molecule has 0 atom stereocenters. The number of aryl methyl sites for hydroxylation is 1. The minimum Gasteiger partial charge on any atom is -0.236 e. The molecule has 2 aromatic rings. The molecule has 3 heteroatoms. The Hall–Kier alpha value is -1.41. The topological polar surface area (TPSA) is 25.8 Å². The van der Waals surface area contributed by atoms with Gasteiger partial charge < -0.3 is 0 Å². The highest BCUT2D eigenvalue weighted by molar-refractivity contribution is 6.29. The molecular weight excluding hydrogens is 196 g/mol. The Morgan fingerprint density at radius 2 is 2.00 bits per heavy atom. The normalized spacial score (nSPS) is 10.1. The van der Waals surface area contributed by atoms with Crippen molar-refractivity contribution in [2.75, 3.05) is 0 Å². The van der Waals surface area contributed by atoms with Crippen LogP contribution >= 0.6 is 11.6 Å². The van der Waals surface area contributed by atoms with Crippen molar-refractivity contribution in [3.63, 3.8) is 0 Å². The van der Waals surface area contributed by atoms with E-state index in [1.807, 2.05) is 25.1 Å². The van der Waals surface area contributed by atoms with Gasteiger partial charge in [0, 0.05) is 11.6 Å². The van der Waals surface area contributed by atoms with Gasteiger partial charge in [0.1, 0.15) is 11.5 Å². The molecule has 0 saturated heterocycles. The molecule has 0 aliphatic heterocycles. The highest BCUT2D eigenvalue weighted by Gasteiger charge is 1.99. The van der Waals surface area contributed by atoms with Gasteiger partial charge in [-0.25, -0.2) is 9.97 Å². The summed E-state index contributed by atoms with van der Waals surface area (Å²) < 4.78 is 0. The van der Waals surface area contributed by atoms with Gasteiger partial charge in [0.2, 0.25) is 0 Å². The maximum absolute atomic E-state index is 5.78. The summed E-state index contributed by atoms with van der Waals surface area (Å²) in [4.78, 5) is 8.00. The Bertz CT molecular complexity index is 411. The van der Waals surface area contributed by atoms with Crippen molar-refractivity contribution in [3.05, 3.63) is 47.4 Å². The van der Waals surface area contributed by atoms with E-state index in [0.29, 0.717) is 5.15 Å². The van der Waals surface area contributed by atoms with Crippen molar-refractivity contribution in [2.24, 2.45) is 0 Å². The Labute approximate surface area is 87.6 Å². The number of halogens is 1. The molecule has 0 bridgehead atoms. The lowest BCUT2D eigenvalue weighted by Crippen LogP contribution is -1.85. The van der Waals surface area contributed by atoms with Gasteiger partial charge in [0.15, 0.2) is 0 Å². The average Bonchev–Trinajstić information content (AvgIpc) is 2.18. The summed E-state index contributed by atoms with van der Waals surface area (Å²) in [6.45, 7) is 2.05. The summed E-state index contributed by atoms with van der Waals surface area (Å²) in [5.74, 6) is 0. The fourth-order valence-corrected chi connectivity index (χ4v) is 1.44. The zero-order valence-electron chi connectivity index (χ0n) is 7.74. The summed E-state index contributed by atoms with van der Waals surface area (Å²) in [6, 6.07) is 9.88. The van der Waals surface area contributed by atoms with Crippen LogP contribution in [0.5, 0.6) is 0 Å². The molecule has 0 amide bonds. The second-order valence-electron chi connectivity index (χ2n) is 3.10. The first-order chi connectivity index (χ1) is 6.75. The van der Waals surface area contributed by atoms with Crippen molar-refractivity contribution in [3.8, 4) is 11.3 Å². The molecule has 70 valence electrons. The van der Waals surface area contributed by atoms with Gasteiger partial charge in [-0.05, 0) is 13.0 Å². The van der Waals surface area contributed by atoms with E-state index in [1.54, 1.807) is 6.07 Å². The third kappa shape index (κ3) is 1.91. The standard InChI is InChI=1S/C11H9ClN2/c1-8-3-2-4-9(5-8)10-6-11(12)14-7-13-10/h2-7H,1H3. The van der Waals surface area contributed by atoms with E-state index >= 15 is 0 Å². The predicted molar refractivity (Wildman–Crippen MR) is 57.2 cm³/mol. The highest BCUT2D eigenvalue weighted by Crippen LogP contribution is 2.19. The van der Waals surface area contributed by atoms with E-state index in [2.05, 4.69) is 16.0 Å². The molecule has 0 spiro atoms. The molecule has 0 fully saturated rings. The van der Waals surface area contributed by atoms with E-state index in [4.69, 9.17) is 11.6 Å². The summed E-state index contributed by atoms with van der Waals surface area (Å²) in [5.41, 5.74) is 3.13. The van der Waals surface area contributed by atoms with Crippen LogP contribution in [0.2, 0.25) is 5.15 Å². The van der Waals surface area contributed by atoms with Crippen LogP contribution < -0.4 is 0 Å². The Kier molecular flexibility index (Phi) is 2.46. The summed E-state index contributed by atoms with van der Waals surface area (Å²) >= 11 is 5.78. The van der Waals surface area contributed by atoms with Crippen LogP contribution in [0.25, 0.3) is 11.3 Å². The molecule has 1 aromatic carbocycles. The Morgan fingerprint density at radius 1 is 1.14 bits per heavy atom. The number of nitrogens with zero attached hydrogens (tertiary/aromatic N) is 2. The van der Waals surface area contributed by atoms with Gasteiger partial charge >= 0.3 is 0 Å². The predicted octanol–water partition coefficient (Wildman–Crippen LogP) is 3.11. The number of aromatic nitrogens is 2. The van der Waals surface area contributed by atoms with Crippen molar-refractivity contribution >= 4 is 11.6 Å². The molecule has 1 aromatic heterocycles. The second kappa shape index (κ2) is 3.76. The maximum Gasteiger partial charge on any atom is 0.133 e. The van der Waals surface area contributed by atoms with Crippen molar-refractivity contribution < 1.29 is 0 Å². The molecule has 0 radical (unpaired) electrons. The smallest absolute Gasteiger partial charge is 0.133 e. The first-order valence-electron chi connectivity index (χ1n) is 4.30. The van der Waals surface area contributed by atoms with Crippen LogP contribution in [0.3, 0.4) is 0 Å². The van der Waals surface area contributed by atoms with Crippen LogP contribution in [-0.4, -0.2) is 9.97 Å². The van der Waals surface area contributed by atoms with E-state index < -0.39 is 0 Å². The van der Waals surface area contributed by atoms with Gasteiger partial charge in [-0.3, -0.25) is 0 Å². The SMILES string of the molecule is Cc1cccc(-c2cc(Cl)ncn2)c1. The number of hydrogen-bond acceptors (Lipinski definition) is 2. The Balaban J connectivity index is 2.49. The second-order valence-corrected chi connectivity index (χ2v) is 3.48. The zero-order valence-corrected chi connectivity index (χ0v) is 8.49. The molecule has 0 saturated carbocycles. The summed E-state index contributed by atoms with van der Waals surface area (Å²) in [6.07, 6.45) is 1.47. The molecule has 1 heterocycles. The summed E-state index contributed by atoms with van der Waals surface area (Å²) in [5, 5.41) is 0.469. The summed E-state index contributed by atoms with van der Waals surface area (Å²) in [7, 11) is 0. The van der Waals surface area contributed by atoms with Crippen LogP contribution in [-0.2, 0) is 0 Å². The molecular formula is C11H9ClN2. The lowest BCUT2D eigenvalue weighted by Gasteiger charge is -2.01. The van der Waals surface area contributed by atoms with Gasteiger partial charge in [0.25, 0.3) is 0 Å². The fraction of sp³-hybridized carbons (Fsp3) is 0.0909. The lowest BCUT2D eigenvalue weighted by molar-refractivity contribution is 1.17. The van der Waals surface area contributed by atoms with Crippen molar-refractivity contribution in [2.45, 2.75) is 6.92 Å². The molecule has 0 N–H and O–H groups in total. The highest BCUT2D eigenvalue weighted by atomic mass is 35.5. The molecule has 0 unspecified atom stereocenters. The van der Waals surface area contributed by atoms with E-state index in [-0.39, 0.29) is 0 Å². The number of benzene rings is 1.